The molecule has 7 heteroatoms. The molecule has 0 aliphatic carbocycles. The molecule has 0 bridgehead atoms. The minimum atomic E-state index is -0.524. The molecular weight excluding hydrogens is 420 g/mol. The molecule has 0 spiro atoms. The number of methoxy groups -OCH3 is 1. The highest BCUT2D eigenvalue weighted by Crippen LogP contribution is 2.44. The normalized spacial score (nSPS) is 11.0. The van der Waals surface area contributed by atoms with Gasteiger partial charge < -0.3 is 24.5 Å². The molecule has 2 aromatic carbocycles. The van der Waals surface area contributed by atoms with E-state index in [0.29, 0.717) is 12.0 Å². The molecule has 0 atom stereocenters. The predicted octanol–water partition coefficient (Wildman–Crippen LogP) is 5.74. The highest BCUT2D eigenvalue weighted by atomic mass is 35.5. The first-order chi connectivity index (χ1) is 14.6. The van der Waals surface area contributed by atoms with Crippen LogP contribution in [0.5, 0.6) is 23.0 Å². The Hall–Kier alpha value is -3.12. The highest BCUT2D eigenvalue weighted by molar-refractivity contribution is 6.37. The van der Waals surface area contributed by atoms with Gasteiger partial charge in [0.2, 0.25) is 5.43 Å². The average Bonchev–Trinajstić information content (AvgIpc) is 2.69. The van der Waals surface area contributed by atoms with E-state index in [-0.39, 0.29) is 61.9 Å². The van der Waals surface area contributed by atoms with E-state index in [1.165, 1.54) is 13.2 Å². The summed E-state index contributed by atoms with van der Waals surface area (Å²) in [5, 5.41) is 31.7. The Morgan fingerprint density at radius 2 is 1.58 bits per heavy atom. The Morgan fingerprint density at radius 1 is 1.00 bits per heavy atom. The van der Waals surface area contributed by atoms with Crippen LogP contribution in [0.3, 0.4) is 0 Å². The van der Waals surface area contributed by atoms with E-state index < -0.39 is 5.43 Å². The van der Waals surface area contributed by atoms with Crippen LogP contribution in [-0.4, -0.2) is 22.4 Å². The zero-order valence-electron chi connectivity index (χ0n) is 18.1. The van der Waals surface area contributed by atoms with Gasteiger partial charge in [0.1, 0.15) is 27.5 Å². The third-order valence-corrected chi connectivity index (χ3v) is 5.42. The standard InChI is InChI=1S/C24H25ClO6/c1-11(2)6-8-13-17-16(10-15(26)23(13)30-5)31-24-18(22(17)29)20(27)14(9-7-12(3)4)21(28)19(24)25/h6-7,10,26-28H,8-9H2,1-5H3. The van der Waals surface area contributed by atoms with Crippen molar-refractivity contribution in [1.29, 1.82) is 0 Å². The molecule has 3 aromatic rings. The minimum Gasteiger partial charge on any atom is -0.507 e. The SMILES string of the molecule is COc1c(O)cc2oc3c(Cl)c(O)c(CC=C(C)C)c(O)c3c(=O)c2c1CC=C(C)C. The Labute approximate surface area is 184 Å². The molecule has 164 valence electrons. The lowest BCUT2D eigenvalue weighted by Gasteiger charge is -2.15. The van der Waals surface area contributed by atoms with Crippen molar-refractivity contribution in [3.63, 3.8) is 0 Å². The number of rotatable bonds is 5. The number of phenolic OH excluding ortho intramolecular Hbond substituents is 3. The number of fused-ring (bicyclic) bond motifs is 2. The summed E-state index contributed by atoms with van der Waals surface area (Å²) in [5.41, 5.74) is 1.97. The van der Waals surface area contributed by atoms with Crippen LogP contribution < -0.4 is 10.2 Å². The van der Waals surface area contributed by atoms with Gasteiger partial charge in [-0.2, -0.15) is 0 Å². The molecule has 6 nitrogen and oxygen atoms in total. The molecule has 3 N–H and O–H groups in total. The summed E-state index contributed by atoms with van der Waals surface area (Å²) >= 11 is 6.32. The zero-order valence-corrected chi connectivity index (χ0v) is 18.8. The molecule has 31 heavy (non-hydrogen) atoms. The number of hydrogen-bond acceptors (Lipinski definition) is 6. The number of aromatic hydroxyl groups is 3. The van der Waals surface area contributed by atoms with Crippen molar-refractivity contribution in [1.82, 2.24) is 0 Å². The van der Waals surface area contributed by atoms with Crippen LogP contribution in [-0.2, 0) is 12.8 Å². The summed E-state index contributed by atoms with van der Waals surface area (Å²) in [6, 6.07) is 1.27. The zero-order chi connectivity index (χ0) is 23.0. The molecule has 0 amide bonds. The van der Waals surface area contributed by atoms with Crippen molar-refractivity contribution in [2.75, 3.05) is 7.11 Å². The van der Waals surface area contributed by atoms with Gasteiger partial charge in [-0.25, -0.2) is 0 Å². The molecule has 0 saturated carbocycles. The lowest BCUT2D eigenvalue weighted by molar-refractivity contribution is 0.370. The third kappa shape index (κ3) is 3.95. The van der Waals surface area contributed by atoms with Crippen molar-refractivity contribution in [2.45, 2.75) is 40.5 Å². The maximum atomic E-state index is 13.6. The Balaban J connectivity index is 2.52. The number of ether oxygens (including phenoxy) is 1. The van der Waals surface area contributed by atoms with Gasteiger partial charge in [0.05, 0.1) is 12.5 Å². The molecule has 0 unspecified atom stereocenters. The molecule has 0 saturated heterocycles. The second kappa shape index (κ2) is 8.55. The van der Waals surface area contributed by atoms with E-state index in [1.54, 1.807) is 6.08 Å². The Morgan fingerprint density at radius 3 is 2.13 bits per heavy atom. The van der Waals surface area contributed by atoms with Crippen LogP contribution in [0.15, 0.2) is 38.6 Å². The van der Waals surface area contributed by atoms with Crippen LogP contribution in [0, 0.1) is 0 Å². The van der Waals surface area contributed by atoms with Gasteiger partial charge in [-0.05, 0) is 40.5 Å². The van der Waals surface area contributed by atoms with Crippen molar-refractivity contribution in [3.8, 4) is 23.0 Å². The maximum absolute atomic E-state index is 13.6. The molecule has 0 fully saturated rings. The van der Waals surface area contributed by atoms with Gasteiger partial charge in [-0.1, -0.05) is 34.9 Å². The fourth-order valence-corrected chi connectivity index (χ4v) is 3.75. The highest BCUT2D eigenvalue weighted by Gasteiger charge is 2.25. The van der Waals surface area contributed by atoms with Crippen molar-refractivity contribution in [2.24, 2.45) is 0 Å². The number of hydrogen-bond donors (Lipinski definition) is 3. The van der Waals surface area contributed by atoms with Crippen molar-refractivity contribution < 1.29 is 24.5 Å². The van der Waals surface area contributed by atoms with Crippen LogP contribution in [0.25, 0.3) is 21.9 Å². The van der Waals surface area contributed by atoms with Gasteiger partial charge in [-0.15, -0.1) is 0 Å². The molecule has 1 aromatic heterocycles. The van der Waals surface area contributed by atoms with Crippen molar-refractivity contribution >= 4 is 33.5 Å². The lowest BCUT2D eigenvalue weighted by Crippen LogP contribution is -2.08. The fraction of sp³-hybridized carbons (Fsp3) is 0.292. The van der Waals surface area contributed by atoms with E-state index in [1.807, 2.05) is 33.8 Å². The first-order valence-corrected chi connectivity index (χ1v) is 10.1. The third-order valence-electron chi connectivity index (χ3n) is 5.06. The van der Waals surface area contributed by atoms with Crippen LogP contribution in [0.2, 0.25) is 5.02 Å². The second-order valence-corrected chi connectivity index (χ2v) is 8.25. The monoisotopic (exact) mass is 444 g/mol. The first-order valence-electron chi connectivity index (χ1n) is 9.76. The topological polar surface area (TPSA) is 100 Å². The van der Waals surface area contributed by atoms with Crippen LogP contribution >= 0.6 is 11.6 Å². The molecular formula is C24H25ClO6. The quantitative estimate of drug-likeness (QED) is 0.342. The summed E-state index contributed by atoms with van der Waals surface area (Å²) in [4.78, 5) is 13.6. The fourth-order valence-electron chi connectivity index (χ4n) is 3.50. The van der Waals surface area contributed by atoms with E-state index in [0.717, 1.165) is 11.1 Å². The number of halogens is 1. The molecule has 1 heterocycles. The molecule has 0 aliphatic heterocycles. The number of phenols is 3. The summed E-state index contributed by atoms with van der Waals surface area (Å²) in [6.45, 7) is 7.60. The van der Waals surface area contributed by atoms with Gasteiger partial charge in [0.25, 0.3) is 0 Å². The molecule has 0 radical (unpaired) electrons. The molecule has 3 rings (SSSR count). The predicted molar refractivity (Wildman–Crippen MR) is 123 cm³/mol. The van der Waals surface area contributed by atoms with E-state index in [2.05, 4.69) is 0 Å². The van der Waals surface area contributed by atoms with E-state index >= 15 is 0 Å². The first kappa shape index (κ1) is 22.6. The summed E-state index contributed by atoms with van der Waals surface area (Å²) in [6.07, 6.45) is 4.20. The van der Waals surface area contributed by atoms with Gasteiger partial charge in [0, 0.05) is 17.2 Å². The lowest BCUT2D eigenvalue weighted by atomic mass is 9.98. The van der Waals surface area contributed by atoms with E-state index in [4.69, 9.17) is 20.8 Å². The summed E-state index contributed by atoms with van der Waals surface area (Å²) < 4.78 is 11.2. The van der Waals surface area contributed by atoms with Gasteiger partial charge in [-0.3, -0.25) is 4.79 Å². The summed E-state index contributed by atoms with van der Waals surface area (Å²) in [7, 11) is 1.40. The Kier molecular flexibility index (Phi) is 6.23. The molecule has 0 aliphatic rings. The van der Waals surface area contributed by atoms with Crippen LogP contribution in [0.1, 0.15) is 38.8 Å². The Bertz CT molecular complexity index is 1310. The second-order valence-electron chi connectivity index (χ2n) is 7.88. The smallest absolute Gasteiger partial charge is 0.204 e. The van der Waals surface area contributed by atoms with Crippen molar-refractivity contribution in [3.05, 3.63) is 55.7 Å². The largest absolute Gasteiger partial charge is 0.507 e. The summed E-state index contributed by atoms with van der Waals surface area (Å²) in [5.74, 6) is -0.774. The van der Waals surface area contributed by atoms with Gasteiger partial charge in [0.15, 0.2) is 17.1 Å². The van der Waals surface area contributed by atoms with Crippen LogP contribution in [0.4, 0.5) is 0 Å². The number of allylic oxidation sites excluding steroid dienone is 4. The number of benzene rings is 2. The minimum absolute atomic E-state index is 0.0747. The average molecular weight is 445 g/mol. The maximum Gasteiger partial charge on any atom is 0.204 e. The van der Waals surface area contributed by atoms with Gasteiger partial charge >= 0.3 is 0 Å². The van der Waals surface area contributed by atoms with E-state index in [9.17, 15) is 20.1 Å².